The Morgan fingerprint density at radius 3 is 2.92 bits per heavy atom. The Morgan fingerprint density at radius 2 is 2.12 bits per heavy atom. The summed E-state index contributed by atoms with van der Waals surface area (Å²) in [5, 5.41) is 1.10. The van der Waals surface area contributed by atoms with Gasteiger partial charge in [0.05, 0.1) is 0 Å². The maximum absolute atomic E-state index is 12.3. The largest absolute Gasteiger partial charge is 0.322 e. The van der Waals surface area contributed by atoms with E-state index in [2.05, 4.69) is 41.7 Å². The van der Waals surface area contributed by atoms with Crippen LogP contribution >= 0.6 is 0 Å². The first-order valence-corrected chi connectivity index (χ1v) is 9.06. The Labute approximate surface area is 144 Å². The van der Waals surface area contributed by atoms with E-state index >= 15 is 0 Å². The minimum atomic E-state index is 0.0352. The maximum atomic E-state index is 12.3. The van der Waals surface area contributed by atoms with Gasteiger partial charge >= 0.3 is 0 Å². The van der Waals surface area contributed by atoms with Crippen molar-refractivity contribution in [1.29, 1.82) is 0 Å². The molecule has 2 heterocycles. The van der Waals surface area contributed by atoms with Crippen molar-refractivity contribution in [2.24, 2.45) is 5.92 Å². The molecular weight excluding hydrogens is 298 g/mol. The molecule has 1 fully saturated rings. The van der Waals surface area contributed by atoms with Crippen molar-refractivity contribution in [3.05, 3.63) is 46.2 Å². The van der Waals surface area contributed by atoms with Gasteiger partial charge < -0.3 is 14.8 Å². The third-order valence-corrected chi connectivity index (χ3v) is 5.12. The van der Waals surface area contributed by atoms with Gasteiger partial charge in [-0.1, -0.05) is 18.2 Å². The third-order valence-electron chi connectivity index (χ3n) is 5.12. The summed E-state index contributed by atoms with van der Waals surface area (Å²) in [7, 11) is 2.13. The van der Waals surface area contributed by atoms with Gasteiger partial charge in [-0.15, -0.1) is 0 Å². The molecule has 0 aliphatic carbocycles. The second-order valence-corrected chi connectivity index (χ2v) is 7.50. The van der Waals surface area contributed by atoms with Crippen LogP contribution in [-0.2, 0) is 6.54 Å². The van der Waals surface area contributed by atoms with Crippen LogP contribution in [0.25, 0.3) is 10.9 Å². The van der Waals surface area contributed by atoms with Crippen molar-refractivity contribution in [3.63, 3.8) is 0 Å². The Balaban J connectivity index is 1.65. The lowest BCUT2D eigenvalue weighted by atomic mass is 9.96. The molecular formula is C20H29N3O. The van der Waals surface area contributed by atoms with E-state index in [4.69, 9.17) is 0 Å². The van der Waals surface area contributed by atoms with Gasteiger partial charge in [-0.25, -0.2) is 0 Å². The zero-order valence-electron chi connectivity index (χ0n) is 15.1. The standard InChI is InChI=1S/C20H29N3O/c1-15(2)23-10-6-7-16(13-23)12-22(3)14-18-11-17-8-4-5-9-19(17)21-20(18)24/h4-5,8-9,11,15-16H,6-7,10,12-14H2,1-3H3,(H,21,24). The van der Waals surface area contributed by atoms with Gasteiger partial charge in [-0.3, -0.25) is 4.79 Å². The second kappa shape index (κ2) is 7.49. The number of fused-ring (bicyclic) bond motifs is 1. The fraction of sp³-hybridized carbons (Fsp3) is 0.550. The molecule has 130 valence electrons. The second-order valence-electron chi connectivity index (χ2n) is 7.50. The molecule has 1 aromatic carbocycles. The van der Waals surface area contributed by atoms with Crippen LogP contribution in [0, 0.1) is 5.92 Å². The lowest BCUT2D eigenvalue weighted by molar-refractivity contribution is 0.116. The Hall–Kier alpha value is -1.65. The van der Waals surface area contributed by atoms with Crippen molar-refractivity contribution in [3.8, 4) is 0 Å². The van der Waals surface area contributed by atoms with Crippen LogP contribution in [-0.4, -0.2) is 47.5 Å². The van der Waals surface area contributed by atoms with Crippen molar-refractivity contribution >= 4 is 10.9 Å². The molecule has 0 bridgehead atoms. The van der Waals surface area contributed by atoms with Crippen LogP contribution in [0.1, 0.15) is 32.3 Å². The first-order valence-electron chi connectivity index (χ1n) is 9.06. The first-order chi connectivity index (χ1) is 11.5. The highest BCUT2D eigenvalue weighted by atomic mass is 16.1. The van der Waals surface area contributed by atoms with E-state index in [1.165, 1.54) is 25.9 Å². The maximum Gasteiger partial charge on any atom is 0.252 e. The number of piperidine rings is 1. The number of aromatic nitrogens is 1. The molecule has 1 saturated heterocycles. The highest BCUT2D eigenvalue weighted by Crippen LogP contribution is 2.20. The van der Waals surface area contributed by atoms with Crippen LogP contribution < -0.4 is 5.56 Å². The lowest BCUT2D eigenvalue weighted by Gasteiger charge is -2.37. The normalized spacial score (nSPS) is 19.5. The molecule has 0 spiro atoms. The smallest absolute Gasteiger partial charge is 0.252 e. The zero-order valence-corrected chi connectivity index (χ0v) is 15.1. The molecule has 3 rings (SSSR count). The number of hydrogen-bond donors (Lipinski definition) is 1. The number of nitrogens with one attached hydrogen (secondary N) is 1. The predicted molar refractivity (Wildman–Crippen MR) is 100 cm³/mol. The van der Waals surface area contributed by atoms with Crippen LogP contribution in [0.2, 0.25) is 0 Å². The molecule has 24 heavy (non-hydrogen) atoms. The lowest BCUT2D eigenvalue weighted by Crippen LogP contribution is -2.43. The van der Waals surface area contributed by atoms with Crippen LogP contribution in [0.4, 0.5) is 0 Å². The minimum absolute atomic E-state index is 0.0352. The third kappa shape index (κ3) is 4.05. The topological polar surface area (TPSA) is 39.3 Å². The SMILES string of the molecule is CC(C)N1CCCC(CN(C)Cc2cc3ccccc3[nH]c2=O)C1. The Kier molecular flexibility index (Phi) is 5.36. The summed E-state index contributed by atoms with van der Waals surface area (Å²) >= 11 is 0. The zero-order chi connectivity index (χ0) is 17.1. The van der Waals surface area contributed by atoms with Crippen molar-refractivity contribution in [2.45, 2.75) is 39.3 Å². The van der Waals surface area contributed by atoms with E-state index in [0.29, 0.717) is 18.5 Å². The minimum Gasteiger partial charge on any atom is -0.322 e. The van der Waals surface area contributed by atoms with Gasteiger partial charge in [0.2, 0.25) is 0 Å². The Bertz CT molecular complexity index is 737. The molecule has 1 aromatic heterocycles. The predicted octanol–water partition coefficient (Wildman–Crippen LogP) is 3.08. The number of H-pyrrole nitrogens is 1. The van der Waals surface area contributed by atoms with Gasteiger partial charge in [-0.2, -0.15) is 0 Å². The molecule has 1 atom stereocenters. The number of nitrogens with zero attached hydrogens (tertiary/aromatic N) is 2. The van der Waals surface area contributed by atoms with Crippen molar-refractivity contribution < 1.29 is 0 Å². The van der Waals surface area contributed by atoms with Crippen molar-refractivity contribution in [1.82, 2.24) is 14.8 Å². The number of benzene rings is 1. The molecule has 0 saturated carbocycles. The number of rotatable bonds is 5. The number of pyridine rings is 1. The van der Waals surface area contributed by atoms with Gasteiger partial charge in [0, 0.05) is 36.8 Å². The summed E-state index contributed by atoms with van der Waals surface area (Å²) in [6.07, 6.45) is 2.58. The fourth-order valence-electron chi connectivity index (χ4n) is 3.82. The van der Waals surface area contributed by atoms with Crippen LogP contribution in [0.3, 0.4) is 0 Å². The van der Waals surface area contributed by atoms with E-state index in [1.807, 2.05) is 24.3 Å². The fourth-order valence-corrected chi connectivity index (χ4v) is 3.82. The summed E-state index contributed by atoms with van der Waals surface area (Å²) in [6, 6.07) is 10.6. The number of likely N-dealkylation sites (tertiary alicyclic amines) is 1. The van der Waals surface area contributed by atoms with E-state index < -0.39 is 0 Å². The number of aromatic amines is 1. The van der Waals surface area contributed by atoms with Gasteiger partial charge in [0.15, 0.2) is 0 Å². The summed E-state index contributed by atoms with van der Waals surface area (Å²) in [4.78, 5) is 20.2. The quantitative estimate of drug-likeness (QED) is 0.917. The summed E-state index contributed by atoms with van der Waals surface area (Å²) in [6.45, 7) is 8.72. The molecule has 0 amide bonds. The molecule has 1 aliphatic rings. The molecule has 4 heteroatoms. The van der Waals surface area contributed by atoms with E-state index in [0.717, 1.165) is 23.0 Å². The Morgan fingerprint density at radius 1 is 1.33 bits per heavy atom. The molecule has 1 aliphatic heterocycles. The van der Waals surface area contributed by atoms with Gasteiger partial charge in [-0.05, 0) is 63.7 Å². The average Bonchev–Trinajstić information content (AvgIpc) is 2.55. The monoisotopic (exact) mass is 327 g/mol. The van der Waals surface area contributed by atoms with Gasteiger partial charge in [0.25, 0.3) is 5.56 Å². The number of hydrogen-bond acceptors (Lipinski definition) is 3. The summed E-state index contributed by atoms with van der Waals surface area (Å²) in [5.41, 5.74) is 1.80. The van der Waals surface area contributed by atoms with Crippen LogP contribution in [0.5, 0.6) is 0 Å². The van der Waals surface area contributed by atoms with Gasteiger partial charge in [0.1, 0.15) is 0 Å². The molecule has 1 N–H and O–H groups in total. The summed E-state index contributed by atoms with van der Waals surface area (Å²) < 4.78 is 0. The molecule has 0 radical (unpaired) electrons. The van der Waals surface area contributed by atoms with E-state index in [9.17, 15) is 4.79 Å². The highest BCUT2D eigenvalue weighted by Gasteiger charge is 2.22. The number of para-hydroxylation sites is 1. The van der Waals surface area contributed by atoms with E-state index in [1.54, 1.807) is 0 Å². The van der Waals surface area contributed by atoms with Crippen LogP contribution in [0.15, 0.2) is 35.1 Å². The van der Waals surface area contributed by atoms with E-state index in [-0.39, 0.29) is 5.56 Å². The first kappa shape index (κ1) is 17.2. The average molecular weight is 327 g/mol. The molecule has 4 nitrogen and oxygen atoms in total. The molecule has 1 unspecified atom stereocenters. The molecule has 2 aromatic rings. The summed E-state index contributed by atoms with van der Waals surface area (Å²) in [5.74, 6) is 0.700. The van der Waals surface area contributed by atoms with Crippen molar-refractivity contribution in [2.75, 3.05) is 26.7 Å². The highest BCUT2D eigenvalue weighted by molar-refractivity contribution is 5.78.